The Hall–Kier alpha value is -1.33. The van der Waals surface area contributed by atoms with Gasteiger partial charge < -0.3 is 10.0 Å². The molecule has 0 aliphatic rings. The van der Waals surface area contributed by atoms with E-state index in [9.17, 15) is 9.59 Å². The van der Waals surface area contributed by atoms with Crippen LogP contribution in [0.2, 0.25) is 0 Å². The van der Waals surface area contributed by atoms with Crippen molar-refractivity contribution in [3.05, 3.63) is 25.3 Å². The molecule has 0 atom stereocenters. The van der Waals surface area contributed by atoms with Gasteiger partial charge in [0, 0.05) is 19.6 Å². The average Bonchev–Trinajstić information content (AvgIpc) is 2.26. The summed E-state index contributed by atoms with van der Waals surface area (Å²) in [6.07, 6.45) is 3.34. The number of hydrogen-bond acceptors (Lipinski definition) is 3. The number of halogens is 1. The summed E-state index contributed by atoms with van der Waals surface area (Å²) >= 11 is 0. The van der Waals surface area contributed by atoms with Crippen molar-refractivity contribution in [2.45, 2.75) is 6.42 Å². The van der Waals surface area contributed by atoms with Crippen LogP contribution >= 0.6 is 12.4 Å². The van der Waals surface area contributed by atoms with Crippen molar-refractivity contribution in [3.63, 3.8) is 0 Å². The van der Waals surface area contributed by atoms with Crippen LogP contribution < -0.4 is 0 Å². The van der Waals surface area contributed by atoms with E-state index in [4.69, 9.17) is 5.11 Å². The SMILES string of the molecule is C=CCN(CC=C)C(=O)CN(C)CCC(=O)O.Cl. The van der Waals surface area contributed by atoms with E-state index in [1.54, 1.807) is 29.0 Å². The summed E-state index contributed by atoms with van der Waals surface area (Å²) < 4.78 is 0. The van der Waals surface area contributed by atoms with Crippen LogP contribution in [-0.4, -0.2) is 60.0 Å². The molecule has 0 radical (unpaired) electrons. The summed E-state index contributed by atoms with van der Waals surface area (Å²) in [6, 6.07) is 0. The zero-order valence-corrected chi connectivity index (χ0v) is 11.5. The fourth-order valence-electron chi connectivity index (χ4n) is 1.29. The number of carboxylic acid groups (broad SMARTS) is 1. The number of carbonyl (C=O) groups is 2. The third kappa shape index (κ3) is 8.78. The van der Waals surface area contributed by atoms with Gasteiger partial charge >= 0.3 is 5.97 Å². The van der Waals surface area contributed by atoms with Crippen LogP contribution in [0.25, 0.3) is 0 Å². The topological polar surface area (TPSA) is 60.9 Å². The summed E-state index contributed by atoms with van der Waals surface area (Å²) in [5, 5.41) is 8.53. The van der Waals surface area contributed by atoms with Gasteiger partial charge in [-0.25, -0.2) is 0 Å². The van der Waals surface area contributed by atoms with Gasteiger partial charge in [-0.15, -0.1) is 25.6 Å². The molecule has 0 aliphatic carbocycles. The summed E-state index contributed by atoms with van der Waals surface area (Å²) in [5.74, 6) is -0.920. The van der Waals surface area contributed by atoms with E-state index >= 15 is 0 Å². The Morgan fingerprint density at radius 1 is 1.22 bits per heavy atom. The smallest absolute Gasteiger partial charge is 0.304 e. The minimum absolute atomic E-state index is 0. The Morgan fingerprint density at radius 3 is 2.11 bits per heavy atom. The van der Waals surface area contributed by atoms with E-state index in [2.05, 4.69) is 13.2 Å². The van der Waals surface area contributed by atoms with Crippen LogP contribution in [0.15, 0.2) is 25.3 Å². The highest BCUT2D eigenvalue weighted by molar-refractivity contribution is 5.85. The molecule has 0 aliphatic heterocycles. The first-order valence-corrected chi connectivity index (χ1v) is 5.41. The molecule has 0 saturated heterocycles. The number of amides is 1. The maximum absolute atomic E-state index is 11.8. The van der Waals surface area contributed by atoms with Crippen LogP contribution in [0, 0.1) is 0 Å². The quantitative estimate of drug-likeness (QED) is 0.639. The van der Waals surface area contributed by atoms with Gasteiger partial charge in [-0.1, -0.05) is 12.2 Å². The lowest BCUT2D eigenvalue weighted by Crippen LogP contribution is -2.39. The van der Waals surface area contributed by atoms with Crippen LogP contribution in [0.4, 0.5) is 0 Å². The van der Waals surface area contributed by atoms with Gasteiger partial charge in [-0.05, 0) is 7.05 Å². The molecule has 1 amide bonds. The normalized spacial score (nSPS) is 9.44. The summed E-state index contributed by atoms with van der Waals surface area (Å²) in [7, 11) is 1.72. The molecule has 18 heavy (non-hydrogen) atoms. The number of carbonyl (C=O) groups excluding carboxylic acids is 1. The molecule has 0 aromatic carbocycles. The van der Waals surface area contributed by atoms with Crippen molar-refractivity contribution >= 4 is 24.3 Å². The van der Waals surface area contributed by atoms with E-state index in [1.165, 1.54) is 0 Å². The van der Waals surface area contributed by atoms with E-state index in [-0.39, 0.29) is 31.3 Å². The Balaban J connectivity index is 0. The first kappa shape index (κ1) is 19.0. The van der Waals surface area contributed by atoms with Crippen molar-refractivity contribution in [2.75, 3.05) is 33.2 Å². The average molecular weight is 277 g/mol. The molecule has 0 saturated carbocycles. The van der Waals surface area contributed by atoms with Gasteiger partial charge in [0.25, 0.3) is 0 Å². The Bertz CT molecular complexity index is 285. The molecule has 0 rings (SSSR count). The third-order valence-corrected chi connectivity index (χ3v) is 2.16. The number of carboxylic acids is 1. The molecule has 0 aromatic rings. The maximum Gasteiger partial charge on any atom is 0.304 e. The molecule has 0 fully saturated rings. The first-order valence-electron chi connectivity index (χ1n) is 5.41. The molecule has 0 bridgehead atoms. The predicted molar refractivity (Wildman–Crippen MR) is 74.0 cm³/mol. The molecule has 1 N–H and O–H groups in total. The number of hydrogen-bond donors (Lipinski definition) is 1. The molecule has 5 nitrogen and oxygen atoms in total. The molecule has 0 heterocycles. The molecule has 6 heteroatoms. The molecule has 0 aromatic heterocycles. The van der Waals surface area contributed by atoms with Gasteiger partial charge in [0.05, 0.1) is 13.0 Å². The maximum atomic E-state index is 11.8. The zero-order valence-electron chi connectivity index (χ0n) is 10.7. The van der Waals surface area contributed by atoms with Crippen molar-refractivity contribution < 1.29 is 14.7 Å². The summed E-state index contributed by atoms with van der Waals surface area (Å²) in [5.41, 5.74) is 0. The molecule has 0 spiro atoms. The van der Waals surface area contributed by atoms with E-state index in [1.807, 2.05) is 0 Å². The van der Waals surface area contributed by atoms with Crippen molar-refractivity contribution in [3.8, 4) is 0 Å². The Labute approximate surface area is 114 Å². The second kappa shape index (κ2) is 10.8. The monoisotopic (exact) mass is 276 g/mol. The summed E-state index contributed by atoms with van der Waals surface area (Å²) in [4.78, 5) is 25.5. The van der Waals surface area contributed by atoms with Gasteiger partial charge in [-0.3, -0.25) is 14.5 Å². The highest BCUT2D eigenvalue weighted by atomic mass is 35.5. The van der Waals surface area contributed by atoms with Crippen LogP contribution in [0.1, 0.15) is 6.42 Å². The fourth-order valence-corrected chi connectivity index (χ4v) is 1.29. The lowest BCUT2D eigenvalue weighted by atomic mass is 10.3. The molecular weight excluding hydrogens is 256 g/mol. The number of nitrogens with zero attached hydrogens (tertiary/aromatic N) is 2. The predicted octanol–water partition coefficient (Wildman–Crippen LogP) is 1.02. The molecule has 104 valence electrons. The van der Waals surface area contributed by atoms with E-state index < -0.39 is 5.97 Å². The van der Waals surface area contributed by atoms with Crippen molar-refractivity contribution in [1.29, 1.82) is 0 Å². The number of likely N-dealkylation sites (N-methyl/N-ethyl adjacent to an activating group) is 1. The lowest BCUT2D eigenvalue weighted by molar-refractivity contribution is -0.138. The minimum Gasteiger partial charge on any atom is -0.481 e. The number of rotatable bonds is 9. The lowest BCUT2D eigenvalue weighted by Gasteiger charge is -2.23. The van der Waals surface area contributed by atoms with Crippen LogP contribution in [0.3, 0.4) is 0 Å². The van der Waals surface area contributed by atoms with Crippen molar-refractivity contribution in [1.82, 2.24) is 9.80 Å². The second-order valence-electron chi connectivity index (χ2n) is 3.76. The zero-order chi connectivity index (χ0) is 13.3. The van der Waals surface area contributed by atoms with Crippen LogP contribution in [-0.2, 0) is 9.59 Å². The van der Waals surface area contributed by atoms with Gasteiger partial charge in [0.2, 0.25) is 5.91 Å². The highest BCUT2D eigenvalue weighted by Crippen LogP contribution is 1.95. The fraction of sp³-hybridized carbons (Fsp3) is 0.500. The largest absolute Gasteiger partial charge is 0.481 e. The highest BCUT2D eigenvalue weighted by Gasteiger charge is 2.13. The molecular formula is C12H21ClN2O3. The van der Waals surface area contributed by atoms with Gasteiger partial charge in [-0.2, -0.15) is 0 Å². The van der Waals surface area contributed by atoms with Gasteiger partial charge in [0.15, 0.2) is 0 Å². The summed E-state index contributed by atoms with van der Waals surface area (Å²) in [6.45, 7) is 8.67. The van der Waals surface area contributed by atoms with E-state index in [0.29, 0.717) is 19.6 Å². The van der Waals surface area contributed by atoms with E-state index in [0.717, 1.165) is 0 Å². The second-order valence-corrected chi connectivity index (χ2v) is 3.76. The third-order valence-electron chi connectivity index (χ3n) is 2.16. The number of aliphatic carboxylic acids is 1. The first-order chi connectivity index (χ1) is 8.01. The minimum atomic E-state index is -0.863. The Kier molecular flexibility index (Phi) is 11.4. The molecule has 0 unspecified atom stereocenters. The van der Waals surface area contributed by atoms with Crippen molar-refractivity contribution in [2.24, 2.45) is 0 Å². The Morgan fingerprint density at radius 2 is 1.72 bits per heavy atom. The standard InChI is InChI=1S/C12H20N2O3.ClH/c1-4-7-14(8-5-2)11(15)10-13(3)9-6-12(16)17;/h4-5H,1-2,6-10H2,3H3,(H,16,17);1H. The van der Waals surface area contributed by atoms with Gasteiger partial charge in [0.1, 0.15) is 0 Å². The van der Waals surface area contributed by atoms with Crippen LogP contribution in [0.5, 0.6) is 0 Å².